The van der Waals surface area contributed by atoms with Gasteiger partial charge in [-0.05, 0) is 31.2 Å². The van der Waals surface area contributed by atoms with Crippen molar-refractivity contribution >= 4 is 17.1 Å². The molecule has 6 heteroatoms. The molecular weight excluding hydrogens is 244 g/mol. The highest BCUT2D eigenvalue weighted by atomic mass is 16.6. The summed E-state index contributed by atoms with van der Waals surface area (Å²) in [6.07, 6.45) is 1.58. The van der Waals surface area contributed by atoms with E-state index in [1.165, 1.54) is 18.2 Å². The molecule has 0 atom stereocenters. The summed E-state index contributed by atoms with van der Waals surface area (Å²) in [6.45, 7) is 1.85. The number of pyridine rings is 1. The average molecular weight is 254 g/mol. The molecule has 1 heterocycles. The minimum atomic E-state index is -0.495. The molecule has 0 aliphatic heterocycles. The van der Waals surface area contributed by atoms with Crippen LogP contribution in [0.5, 0.6) is 0 Å². The number of nitrogens with one attached hydrogen (secondary N) is 1. The molecule has 19 heavy (non-hydrogen) atoms. The van der Waals surface area contributed by atoms with E-state index in [1.807, 2.05) is 13.0 Å². The highest BCUT2D eigenvalue weighted by Gasteiger charge is 2.14. The maximum Gasteiger partial charge on any atom is 0.292 e. The predicted molar refractivity (Wildman–Crippen MR) is 70.1 cm³/mol. The monoisotopic (exact) mass is 254 g/mol. The van der Waals surface area contributed by atoms with Gasteiger partial charge in [0.25, 0.3) is 5.69 Å². The van der Waals surface area contributed by atoms with E-state index < -0.39 is 4.92 Å². The number of nitro groups is 1. The number of rotatable bonds is 3. The Morgan fingerprint density at radius 3 is 2.74 bits per heavy atom. The normalized spacial score (nSPS) is 9.68. The van der Waals surface area contributed by atoms with E-state index in [0.717, 1.165) is 5.69 Å². The van der Waals surface area contributed by atoms with Crippen molar-refractivity contribution in [2.75, 3.05) is 5.32 Å². The Labute approximate surface area is 109 Å². The van der Waals surface area contributed by atoms with Crippen molar-refractivity contribution in [3.05, 3.63) is 57.9 Å². The first-order valence-electron chi connectivity index (χ1n) is 5.48. The van der Waals surface area contributed by atoms with Crippen molar-refractivity contribution in [1.82, 2.24) is 4.98 Å². The lowest BCUT2D eigenvalue weighted by molar-refractivity contribution is -0.383. The molecule has 0 spiro atoms. The van der Waals surface area contributed by atoms with Gasteiger partial charge in [0.15, 0.2) is 0 Å². The van der Waals surface area contributed by atoms with Crippen LogP contribution in [-0.4, -0.2) is 9.91 Å². The van der Waals surface area contributed by atoms with Crippen LogP contribution in [0.2, 0.25) is 0 Å². The topological polar surface area (TPSA) is 91.8 Å². The van der Waals surface area contributed by atoms with Gasteiger partial charge in [-0.1, -0.05) is 0 Å². The molecule has 0 saturated heterocycles. The van der Waals surface area contributed by atoms with Crippen LogP contribution in [-0.2, 0) is 0 Å². The van der Waals surface area contributed by atoms with Gasteiger partial charge in [0.1, 0.15) is 5.69 Å². The van der Waals surface area contributed by atoms with Gasteiger partial charge in [-0.3, -0.25) is 15.1 Å². The van der Waals surface area contributed by atoms with E-state index in [1.54, 1.807) is 18.3 Å². The van der Waals surface area contributed by atoms with Gasteiger partial charge in [-0.2, -0.15) is 5.26 Å². The molecule has 0 aliphatic rings. The average Bonchev–Trinajstić information content (AvgIpc) is 2.41. The molecule has 1 aromatic heterocycles. The Bertz CT molecular complexity index is 659. The molecular formula is C13H10N4O2. The van der Waals surface area contributed by atoms with Crippen molar-refractivity contribution in [3.8, 4) is 6.07 Å². The van der Waals surface area contributed by atoms with E-state index in [0.29, 0.717) is 11.3 Å². The molecule has 0 saturated carbocycles. The number of nitrogens with zero attached hydrogens (tertiary/aromatic N) is 3. The maximum absolute atomic E-state index is 10.9. The molecule has 1 N–H and O–H groups in total. The van der Waals surface area contributed by atoms with Gasteiger partial charge in [-0.25, -0.2) is 0 Å². The number of aryl methyl sites for hydroxylation is 1. The zero-order valence-electron chi connectivity index (χ0n) is 10.1. The molecule has 2 aromatic rings. The lowest BCUT2D eigenvalue weighted by Crippen LogP contribution is -1.98. The third-order valence-corrected chi connectivity index (χ3v) is 2.51. The second-order valence-electron chi connectivity index (χ2n) is 3.91. The first-order valence-corrected chi connectivity index (χ1v) is 5.48. The molecule has 0 radical (unpaired) electrons. The third kappa shape index (κ3) is 2.84. The summed E-state index contributed by atoms with van der Waals surface area (Å²) >= 11 is 0. The van der Waals surface area contributed by atoms with Crippen molar-refractivity contribution in [2.45, 2.75) is 6.92 Å². The molecule has 0 bridgehead atoms. The lowest BCUT2D eigenvalue weighted by atomic mass is 10.2. The Kier molecular flexibility index (Phi) is 3.39. The van der Waals surface area contributed by atoms with E-state index in [2.05, 4.69) is 10.3 Å². The highest BCUT2D eigenvalue weighted by molar-refractivity contribution is 5.70. The summed E-state index contributed by atoms with van der Waals surface area (Å²) in [6, 6.07) is 9.68. The zero-order valence-corrected chi connectivity index (χ0v) is 10.1. The van der Waals surface area contributed by atoms with Gasteiger partial charge in [0.05, 0.1) is 28.4 Å². The number of anilines is 2. The standard InChI is InChI=1S/C13H10N4O2/c1-9-2-4-11(8-15-9)16-12-6-10(7-14)3-5-13(12)17(18)19/h2-6,8,16H,1H3. The van der Waals surface area contributed by atoms with Crippen molar-refractivity contribution in [3.63, 3.8) is 0 Å². The van der Waals surface area contributed by atoms with E-state index >= 15 is 0 Å². The second kappa shape index (κ2) is 5.14. The maximum atomic E-state index is 10.9. The van der Waals surface area contributed by atoms with Crippen LogP contribution in [0.15, 0.2) is 36.5 Å². The third-order valence-electron chi connectivity index (χ3n) is 2.51. The molecule has 0 unspecified atom stereocenters. The van der Waals surface area contributed by atoms with E-state index in [9.17, 15) is 10.1 Å². The van der Waals surface area contributed by atoms with Crippen molar-refractivity contribution < 1.29 is 4.92 Å². The first-order chi connectivity index (χ1) is 9.10. The Hall–Kier alpha value is -2.94. The molecule has 0 fully saturated rings. The van der Waals surface area contributed by atoms with E-state index in [4.69, 9.17) is 5.26 Å². The molecule has 94 valence electrons. The largest absolute Gasteiger partial charge is 0.349 e. The lowest BCUT2D eigenvalue weighted by Gasteiger charge is -2.07. The summed E-state index contributed by atoms with van der Waals surface area (Å²) in [5.74, 6) is 0. The number of nitro benzene ring substituents is 1. The van der Waals surface area contributed by atoms with Crippen LogP contribution in [0.3, 0.4) is 0 Å². The van der Waals surface area contributed by atoms with Gasteiger partial charge >= 0.3 is 0 Å². The SMILES string of the molecule is Cc1ccc(Nc2cc(C#N)ccc2[N+](=O)[O-])cn1. The Morgan fingerprint density at radius 2 is 2.16 bits per heavy atom. The molecule has 6 nitrogen and oxygen atoms in total. The predicted octanol–water partition coefficient (Wildman–Crippen LogP) is 2.91. The van der Waals surface area contributed by atoms with Crippen molar-refractivity contribution in [1.29, 1.82) is 5.26 Å². The number of hydrogen-bond acceptors (Lipinski definition) is 5. The van der Waals surface area contributed by atoms with Gasteiger partial charge in [0.2, 0.25) is 0 Å². The number of benzene rings is 1. The fourth-order valence-corrected chi connectivity index (χ4v) is 1.56. The fourth-order valence-electron chi connectivity index (χ4n) is 1.56. The van der Waals surface area contributed by atoms with Gasteiger partial charge < -0.3 is 5.32 Å². The van der Waals surface area contributed by atoms with Crippen LogP contribution < -0.4 is 5.32 Å². The number of hydrogen-bond donors (Lipinski definition) is 1. The smallest absolute Gasteiger partial charge is 0.292 e. The molecule has 0 amide bonds. The number of aromatic nitrogens is 1. The summed E-state index contributed by atoms with van der Waals surface area (Å²) < 4.78 is 0. The fraction of sp³-hybridized carbons (Fsp3) is 0.0769. The molecule has 2 rings (SSSR count). The Morgan fingerprint density at radius 1 is 1.37 bits per heavy atom. The van der Waals surface area contributed by atoms with Crippen LogP contribution in [0, 0.1) is 28.4 Å². The highest BCUT2D eigenvalue weighted by Crippen LogP contribution is 2.28. The zero-order chi connectivity index (χ0) is 13.8. The van der Waals surface area contributed by atoms with Crippen LogP contribution in [0.25, 0.3) is 0 Å². The summed E-state index contributed by atoms with van der Waals surface area (Å²) in [4.78, 5) is 14.5. The minimum Gasteiger partial charge on any atom is -0.349 e. The molecule has 1 aromatic carbocycles. The quantitative estimate of drug-likeness (QED) is 0.671. The molecule has 0 aliphatic carbocycles. The Balaban J connectivity index is 2.40. The first kappa shape index (κ1) is 12.5. The summed E-state index contributed by atoms with van der Waals surface area (Å²) in [5, 5.41) is 22.7. The van der Waals surface area contributed by atoms with Gasteiger partial charge in [-0.15, -0.1) is 0 Å². The number of nitriles is 1. The summed E-state index contributed by atoms with van der Waals surface area (Å²) in [5.41, 5.74) is 2.03. The van der Waals surface area contributed by atoms with E-state index in [-0.39, 0.29) is 11.4 Å². The minimum absolute atomic E-state index is 0.0837. The summed E-state index contributed by atoms with van der Waals surface area (Å²) in [7, 11) is 0. The van der Waals surface area contributed by atoms with Crippen molar-refractivity contribution in [2.24, 2.45) is 0 Å². The van der Waals surface area contributed by atoms with Crippen LogP contribution in [0.1, 0.15) is 11.3 Å². The second-order valence-corrected chi connectivity index (χ2v) is 3.91. The van der Waals surface area contributed by atoms with Crippen LogP contribution in [0.4, 0.5) is 17.1 Å². The van der Waals surface area contributed by atoms with Crippen LogP contribution >= 0.6 is 0 Å². The van der Waals surface area contributed by atoms with Gasteiger partial charge in [0, 0.05) is 11.8 Å².